The molecule has 0 unspecified atom stereocenters. The van der Waals surface area contributed by atoms with Gasteiger partial charge in [0.25, 0.3) is 0 Å². The first-order valence-electron chi connectivity index (χ1n) is 13.9. The van der Waals surface area contributed by atoms with E-state index < -0.39 is 6.73 Å². The van der Waals surface area contributed by atoms with Gasteiger partial charge < -0.3 is 64.2 Å². The average molecular weight is 641 g/mol. The molecule has 24 heteroatoms. The number of rotatable bonds is 19. The van der Waals surface area contributed by atoms with Crippen LogP contribution >= 0.6 is 0 Å². The van der Waals surface area contributed by atoms with Crippen LogP contribution in [0.5, 0.6) is 0 Å². The Morgan fingerprint density at radius 3 is 1.15 bits per heavy atom. The fourth-order valence-electron chi connectivity index (χ4n) is 3.58. The number of anilines is 10. The van der Waals surface area contributed by atoms with Crippen molar-refractivity contribution in [3.05, 3.63) is 11.6 Å². The summed E-state index contributed by atoms with van der Waals surface area (Å²) >= 11 is 0. The van der Waals surface area contributed by atoms with Gasteiger partial charge in [-0.1, -0.05) is 0 Å². The summed E-state index contributed by atoms with van der Waals surface area (Å²) in [4.78, 5) is 49.9. The molecule has 0 bridgehead atoms. The van der Waals surface area contributed by atoms with Crippen LogP contribution in [0.1, 0.15) is 24.5 Å². The lowest BCUT2D eigenvalue weighted by molar-refractivity contribution is 0.324. The second-order valence-electron chi connectivity index (χ2n) is 9.03. The Balaban J connectivity index is 1.24. The molecule has 46 heavy (non-hydrogen) atoms. The Labute approximate surface area is 262 Å². The van der Waals surface area contributed by atoms with Crippen LogP contribution in [0.4, 0.5) is 59.5 Å². The minimum atomic E-state index is -0.394. The van der Waals surface area contributed by atoms with Crippen LogP contribution in [-0.2, 0) is 0 Å². The topological polar surface area (TPSA) is 343 Å². The lowest BCUT2D eigenvalue weighted by Crippen LogP contribution is -2.20. The number of aryl methyl sites for hydroxylation is 2. The highest BCUT2D eigenvalue weighted by Crippen LogP contribution is 2.11. The number of nitrogen functional groups attached to an aromatic ring is 2. The minimum absolute atomic E-state index is 0.0405. The first-order valence-corrected chi connectivity index (χ1v) is 13.9. The van der Waals surface area contributed by atoms with Crippen molar-refractivity contribution >= 4 is 59.5 Å². The molecule has 24 nitrogen and oxygen atoms in total. The van der Waals surface area contributed by atoms with Crippen LogP contribution in [0.3, 0.4) is 0 Å². The van der Waals surface area contributed by atoms with E-state index in [4.69, 9.17) is 16.6 Å². The smallest absolute Gasteiger partial charge is 0.231 e. The highest BCUT2D eigenvalue weighted by Gasteiger charge is 2.09. The van der Waals surface area contributed by atoms with Crippen LogP contribution < -0.4 is 54.0 Å². The summed E-state index contributed by atoms with van der Waals surface area (Å²) in [6.45, 7) is 4.30. The summed E-state index contributed by atoms with van der Waals surface area (Å²) in [5, 5.41) is 41.7. The molecule has 0 aliphatic carbocycles. The van der Waals surface area contributed by atoms with Gasteiger partial charge in [-0.25, -0.2) is 0 Å². The zero-order chi connectivity index (χ0) is 32.7. The molecule has 246 valence electrons. The van der Waals surface area contributed by atoms with E-state index in [-0.39, 0.29) is 61.7 Å². The van der Waals surface area contributed by atoms with Gasteiger partial charge in [0.2, 0.25) is 59.5 Å². The van der Waals surface area contributed by atoms with E-state index >= 15 is 0 Å². The van der Waals surface area contributed by atoms with E-state index in [1.165, 1.54) is 0 Å². The van der Waals surface area contributed by atoms with Gasteiger partial charge in [-0.15, -0.1) is 0 Å². The number of nitrogens with two attached hydrogens (primary N) is 2. The number of hydrogen-bond donors (Lipinski definition) is 12. The van der Waals surface area contributed by atoms with Crippen molar-refractivity contribution in [1.29, 1.82) is 0 Å². The number of nitrogens with zero attached hydrogens (tertiary/aromatic N) is 12. The van der Waals surface area contributed by atoms with E-state index in [1.54, 1.807) is 13.8 Å². The number of aliphatic hydroxyl groups is 2. The Morgan fingerprint density at radius 1 is 0.413 bits per heavy atom. The molecule has 0 amide bonds. The second-order valence-corrected chi connectivity index (χ2v) is 9.03. The molecule has 4 aromatic heterocycles. The summed E-state index contributed by atoms with van der Waals surface area (Å²) in [7, 11) is 0. The molecule has 0 radical (unpaired) electrons. The number of nitrogens with one attached hydrogen (secondary N) is 8. The molecule has 0 saturated carbocycles. The maximum atomic E-state index is 9.29. The highest BCUT2D eigenvalue weighted by molar-refractivity contribution is 5.45. The van der Waals surface area contributed by atoms with Crippen LogP contribution in [0, 0.1) is 13.8 Å². The minimum Gasteiger partial charge on any atom is -0.376 e. The number of hydrogen-bond acceptors (Lipinski definition) is 24. The van der Waals surface area contributed by atoms with Gasteiger partial charge in [0.05, 0.1) is 13.3 Å². The van der Waals surface area contributed by atoms with Crippen molar-refractivity contribution in [1.82, 2.24) is 59.8 Å². The predicted molar refractivity (Wildman–Crippen MR) is 169 cm³/mol. The number of aliphatic hydroxyl groups excluding tert-OH is 2. The summed E-state index contributed by atoms with van der Waals surface area (Å²) in [6.07, 6.45) is 1.68. The molecule has 4 rings (SSSR count). The van der Waals surface area contributed by atoms with Crippen molar-refractivity contribution in [3.8, 4) is 0 Å². The molecule has 4 aromatic rings. The van der Waals surface area contributed by atoms with Crippen LogP contribution in [-0.4, -0.2) is 110 Å². The Hall–Kier alpha value is -6.04. The fraction of sp³-hybridized carbons (Fsp3) is 0.455. The third-order valence-electron chi connectivity index (χ3n) is 5.43. The zero-order valence-electron chi connectivity index (χ0n) is 25.1. The summed E-state index contributed by atoms with van der Waals surface area (Å²) < 4.78 is 0. The van der Waals surface area contributed by atoms with E-state index in [9.17, 15) is 5.11 Å². The van der Waals surface area contributed by atoms with Gasteiger partial charge in [-0.2, -0.15) is 59.8 Å². The second kappa shape index (κ2) is 16.7. The molecule has 0 aromatic carbocycles. The first kappa shape index (κ1) is 32.9. The Bertz CT molecular complexity index is 1540. The van der Waals surface area contributed by atoms with E-state index in [1.807, 2.05) is 0 Å². The van der Waals surface area contributed by atoms with Crippen LogP contribution in [0.15, 0.2) is 0 Å². The highest BCUT2D eigenvalue weighted by atomic mass is 16.3. The lowest BCUT2D eigenvalue weighted by Gasteiger charge is -2.12. The molecule has 0 aliphatic rings. The quantitative estimate of drug-likeness (QED) is 0.0397. The van der Waals surface area contributed by atoms with Crippen molar-refractivity contribution in [3.63, 3.8) is 0 Å². The SMILES string of the molecule is Cc1nc(N)nc(NCCCCNc2nc(C)nc(NCNc3nc(NCO)nc(NCNc4nc(N)nc(NCO)n4)n3)n2)n1. The largest absolute Gasteiger partial charge is 0.376 e. The summed E-state index contributed by atoms with van der Waals surface area (Å²) in [6, 6.07) is 0. The molecule has 0 aliphatic heterocycles. The molecule has 4 heterocycles. The molecule has 0 atom stereocenters. The van der Waals surface area contributed by atoms with E-state index in [0.29, 0.717) is 42.6 Å². The van der Waals surface area contributed by atoms with Crippen molar-refractivity contribution < 1.29 is 10.2 Å². The van der Waals surface area contributed by atoms with Crippen molar-refractivity contribution in [2.24, 2.45) is 0 Å². The van der Waals surface area contributed by atoms with Crippen LogP contribution in [0.2, 0.25) is 0 Å². The maximum absolute atomic E-state index is 9.29. The van der Waals surface area contributed by atoms with Gasteiger partial charge in [0.1, 0.15) is 25.1 Å². The van der Waals surface area contributed by atoms with E-state index in [2.05, 4.69) is 102 Å². The molecule has 0 spiro atoms. The zero-order valence-corrected chi connectivity index (χ0v) is 25.1. The Morgan fingerprint density at radius 2 is 0.717 bits per heavy atom. The van der Waals surface area contributed by atoms with Gasteiger partial charge in [0.15, 0.2) is 0 Å². The van der Waals surface area contributed by atoms with Gasteiger partial charge in [0, 0.05) is 13.1 Å². The molecule has 0 saturated heterocycles. The number of unbranched alkanes of at least 4 members (excludes halogenated alkanes) is 1. The third kappa shape index (κ3) is 10.9. The summed E-state index contributed by atoms with van der Waals surface area (Å²) in [5.74, 6) is 3.16. The van der Waals surface area contributed by atoms with Gasteiger partial charge >= 0.3 is 0 Å². The summed E-state index contributed by atoms with van der Waals surface area (Å²) in [5.41, 5.74) is 11.3. The average Bonchev–Trinajstić information content (AvgIpc) is 2.98. The van der Waals surface area contributed by atoms with Gasteiger partial charge in [-0.3, -0.25) is 0 Å². The molecular formula is C22H36N22O2. The first-order chi connectivity index (χ1) is 22.3. The van der Waals surface area contributed by atoms with E-state index in [0.717, 1.165) is 12.8 Å². The predicted octanol–water partition coefficient (Wildman–Crippen LogP) is -1.80. The normalized spacial score (nSPS) is 10.6. The van der Waals surface area contributed by atoms with Crippen molar-refractivity contribution in [2.45, 2.75) is 26.7 Å². The molecule has 14 N–H and O–H groups in total. The van der Waals surface area contributed by atoms with Gasteiger partial charge in [-0.05, 0) is 26.7 Å². The lowest BCUT2D eigenvalue weighted by atomic mass is 10.3. The molecular weight excluding hydrogens is 604 g/mol. The Kier molecular flexibility index (Phi) is 11.9. The monoisotopic (exact) mass is 640 g/mol. The fourth-order valence-corrected chi connectivity index (χ4v) is 3.58. The standard InChI is InChI=1S/C22H36N22O2/c1-11-33-13(23)37-15(34-11)25-5-3-4-6-26-16-35-12(2)36-17(40-16)27-7-29-19-42-20(44-22(43-19)32-10-46)30-8-28-18-38-14(24)39-21(41-18)31-9-45/h45-46H,3-10H2,1-2H3,(H3,23,25,33,34,37)(H2,26,27,35,36,40)(H4,24,28,31,38,39,41)(H3,29,30,32,42,43,44). The number of aromatic nitrogens is 12. The third-order valence-corrected chi connectivity index (χ3v) is 5.43. The van der Waals surface area contributed by atoms with Crippen molar-refractivity contribution in [2.75, 3.05) is 93.9 Å². The molecule has 0 fully saturated rings. The van der Waals surface area contributed by atoms with Crippen LogP contribution in [0.25, 0.3) is 0 Å². The maximum Gasteiger partial charge on any atom is 0.231 e.